The van der Waals surface area contributed by atoms with Crippen LogP contribution in [0.25, 0.3) is 0 Å². The highest BCUT2D eigenvalue weighted by Gasteiger charge is 2.56. The molecule has 0 radical (unpaired) electrons. The SMILES string of the molecule is CC(C)(C)NC(=O)[C@@]1(O)[C@@H](NC(=O)[C@@H](N)CC(N)=O)CCN1C(=O)CCCc1ccccc1. The minimum absolute atomic E-state index is 0.0776. The second kappa shape index (κ2) is 10.8. The average molecular weight is 462 g/mol. The third kappa shape index (κ3) is 7.00. The Morgan fingerprint density at radius 3 is 2.42 bits per heavy atom. The van der Waals surface area contributed by atoms with Gasteiger partial charge in [0, 0.05) is 18.5 Å². The number of rotatable bonds is 9. The number of nitrogens with zero attached hydrogens (tertiary/aromatic N) is 1. The molecule has 7 N–H and O–H groups in total. The molecule has 10 heteroatoms. The van der Waals surface area contributed by atoms with Gasteiger partial charge in [0.1, 0.15) is 0 Å². The van der Waals surface area contributed by atoms with Gasteiger partial charge in [0.15, 0.2) is 0 Å². The first-order valence-corrected chi connectivity index (χ1v) is 11.1. The van der Waals surface area contributed by atoms with Gasteiger partial charge in [-0.05, 0) is 45.6 Å². The summed E-state index contributed by atoms with van der Waals surface area (Å²) in [6.45, 7) is 5.30. The molecule has 1 aliphatic rings. The Morgan fingerprint density at radius 1 is 1.21 bits per heavy atom. The molecule has 182 valence electrons. The van der Waals surface area contributed by atoms with Gasteiger partial charge in [0.2, 0.25) is 23.4 Å². The molecule has 33 heavy (non-hydrogen) atoms. The molecule has 1 aromatic rings. The van der Waals surface area contributed by atoms with Crippen LogP contribution in [0.5, 0.6) is 0 Å². The van der Waals surface area contributed by atoms with Crippen molar-refractivity contribution in [3.63, 3.8) is 0 Å². The quantitative estimate of drug-likeness (QED) is 0.333. The molecule has 0 bridgehead atoms. The molecule has 0 unspecified atom stereocenters. The van der Waals surface area contributed by atoms with Crippen LogP contribution in [0.4, 0.5) is 0 Å². The Hall–Kier alpha value is -2.98. The molecule has 1 aliphatic heterocycles. The number of aryl methyl sites for hydroxylation is 1. The van der Waals surface area contributed by atoms with Crippen molar-refractivity contribution in [3.05, 3.63) is 35.9 Å². The van der Waals surface area contributed by atoms with E-state index < -0.39 is 47.0 Å². The maximum atomic E-state index is 13.1. The lowest BCUT2D eigenvalue weighted by molar-refractivity contribution is -0.173. The van der Waals surface area contributed by atoms with Crippen LogP contribution < -0.4 is 22.1 Å². The third-order valence-corrected chi connectivity index (χ3v) is 5.44. The van der Waals surface area contributed by atoms with E-state index in [-0.39, 0.29) is 25.8 Å². The minimum Gasteiger partial charge on any atom is -0.370 e. The lowest BCUT2D eigenvalue weighted by atomic mass is 9.99. The molecule has 0 aliphatic carbocycles. The van der Waals surface area contributed by atoms with E-state index >= 15 is 0 Å². The van der Waals surface area contributed by atoms with Crippen molar-refractivity contribution in [2.24, 2.45) is 11.5 Å². The highest BCUT2D eigenvalue weighted by Crippen LogP contribution is 2.30. The van der Waals surface area contributed by atoms with Crippen LogP contribution in [0, 0.1) is 0 Å². The average Bonchev–Trinajstić information content (AvgIpc) is 3.04. The molecular formula is C23H35N5O5. The number of amides is 4. The van der Waals surface area contributed by atoms with E-state index in [1.165, 1.54) is 0 Å². The van der Waals surface area contributed by atoms with E-state index in [0.717, 1.165) is 10.5 Å². The second-order valence-corrected chi connectivity index (χ2v) is 9.44. The number of benzene rings is 1. The predicted molar refractivity (Wildman–Crippen MR) is 122 cm³/mol. The largest absolute Gasteiger partial charge is 0.370 e. The Balaban J connectivity index is 2.16. The van der Waals surface area contributed by atoms with Gasteiger partial charge in [-0.25, -0.2) is 0 Å². The summed E-state index contributed by atoms with van der Waals surface area (Å²) in [5, 5.41) is 16.7. The normalized spacial score (nSPS) is 21.4. The first-order valence-electron chi connectivity index (χ1n) is 11.1. The molecule has 1 fully saturated rings. The number of carbonyl (C=O) groups is 4. The van der Waals surface area contributed by atoms with Gasteiger partial charge in [-0.1, -0.05) is 30.3 Å². The molecule has 1 saturated heterocycles. The van der Waals surface area contributed by atoms with E-state index in [9.17, 15) is 24.3 Å². The topological polar surface area (TPSA) is 168 Å². The minimum atomic E-state index is -2.29. The van der Waals surface area contributed by atoms with Crippen molar-refractivity contribution in [1.29, 1.82) is 0 Å². The number of carbonyl (C=O) groups excluding carboxylic acids is 4. The van der Waals surface area contributed by atoms with Crippen LogP contribution in [-0.4, -0.2) is 63.5 Å². The van der Waals surface area contributed by atoms with Crippen LogP contribution in [0.1, 0.15) is 52.0 Å². The number of primary amides is 1. The van der Waals surface area contributed by atoms with Crippen molar-refractivity contribution < 1.29 is 24.3 Å². The Bertz CT molecular complexity index is 870. The van der Waals surface area contributed by atoms with Gasteiger partial charge in [0.25, 0.3) is 5.91 Å². The van der Waals surface area contributed by atoms with E-state index in [1.807, 2.05) is 30.3 Å². The van der Waals surface area contributed by atoms with Crippen LogP contribution in [0.15, 0.2) is 30.3 Å². The molecule has 3 atom stereocenters. The molecule has 0 spiro atoms. The number of aliphatic hydroxyl groups is 1. The first kappa shape index (κ1) is 26.3. The zero-order valence-electron chi connectivity index (χ0n) is 19.5. The fourth-order valence-electron chi connectivity index (χ4n) is 3.83. The smallest absolute Gasteiger partial charge is 0.276 e. The van der Waals surface area contributed by atoms with Gasteiger partial charge in [-0.15, -0.1) is 0 Å². The van der Waals surface area contributed by atoms with Crippen LogP contribution in [0.3, 0.4) is 0 Å². The van der Waals surface area contributed by atoms with Crippen molar-refractivity contribution in [2.45, 2.75) is 76.2 Å². The number of hydrogen-bond acceptors (Lipinski definition) is 6. The van der Waals surface area contributed by atoms with Crippen molar-refractivity contribution in [3.8, 4) is 0 Å². The first-order chi connectivity index (χ1) is 15.3. The van der Waals surface area contributed by atoms with Crippen molar-refractivity contribution >= 4 is 23.6 Å². The van der Waals surface area contributed by atoms with Gasteiger partial charge in [-0.3, -0.25) is 19.2 Å². The summed E-state index contributed by atoms with van der Waals surface area (Å²) >= 11 is 0. The fourth-order valence-corrected chi connectivity index (χ4v) is 3.83. The lowest BCUT2D eigenvalue weighted by Gasteiger charge is -2.38. The Labute approximate surface area is 194 Å². The summed E-state index contributed by atoms with van der Waals surface area (Å²) in [7, 11) is 0. The number of likely N-dealkylation sites (tertiary alicyclic amines) is 1. The van der Waals surface area contributed by atoms with E-state index in [4.69, 9.17) is 11.5 Å². The highest BCUT2D eigenvalue weighted by molar-refractivity contribution is 5.93. The summed E-state index contributed by atoms with van der Waals surface area (Å²) in [4.78, 5) is 50.8. The predicted octanol–water partition coefficient (Wildman–Crippen LogP) is -0.468. The molecule has 1 heterocycles. The monoisotopic (exact) mass is 461 g/mol. The number of hydrogen-bond donors (Lipinski definition) is 5. The van der Waals surface area contributed by atoms with Crippen molar-refractivity contribution in [2.75, 3.05) is 6.54 Å². The molecule has 2 rings (SSSR count). The van der Waals surface area contributed by atoms with E-state index in [1.54, 1.807) is 20.8 Å². The number of nitrogens with one attached hydrogen (secondary N) is 2. The summed E-state index contributed by atoms with van der Waals surface area (Å²) in [5.74, 6) is -2.67. The lowest BCUT2D eigenvalue weighted by Crippen LogP contribution is -2.68. The van der Waals surface area contributed by atoms with Gasteiger partial charge >= 0.3 is 0 Å². The third-order valence-electron chi connectivity index (χ3n) is 5.44. The number of nitrogens with two attached hydrogens (primary N) is 2. The summed E-state index contributed by atoms with van der Waals surface area (Å²) < 4.78 is 0. The Morgan fingerprint density at radius 2 is 1.85 bits per heavy atom. The van der Waals surface area contributed by atoms with Crippen LogP contribution in [0.2, 0.25) is 0 Å². The molecule has 10 nitrogen and oxygen atoms in total. The van der Waals surface area contributed by atoms with Crippen LogP contribution >= 0.6 is 0 Å². The van der Waals surface area contributed by atoms with E-state index in [0.29, 0.717) is 12.8 Å². The van der Waals surface area contributed by atoms with Gasteiger partial charge in [0.05, 0.1) is 18.5 Å². The second-order valence-electron chi connectivity index (χ2n) is 9.44. The molecular weight excluding hydrogens is 426 g/mol. The molecule has 1 aromatic carbocycles. The van der Waals surface area contributed by atoms with E-state index in [2.05, 4.69) is 10.6 Å². The molecule has 0 aromatic heterocycles. The summed E-state index contributed by atoms with van der Waals surface area (Å²) in [5.41, 5.74) is 8.90. The Kier molecular flexibility index (Phi) is 8.57. The molecule has 0 saturated carbocycles. The maximum Gasteiger partial charge on any atom is 0.276 e. The zero-order chi connectivity index (χ0) is 24.8. The fraction of sp³-hybridized carbons (Fsp3) is 0.565. The maximum absolute atomic E-state index is 13.1. The van der Waals surface area contributed by atoms with Gasteiger partial charge in [-0.2, -0.15) is 0 Å². The standard InChI is InChI=1S/C23H35N5O5/c1-22(2,3)27-21(32)23(33)17(26-20(31)16(24)14-18(25)29)12-13-28(23)19(30)11-7-10-15-8-5-4-6-9-15/h4-6,8-9,16-17,33H,7,10-14,24H2,1-3H3,(H2,25,29)(H,26,31)(H,27,32)/t16-,17-,23-/m0/s1. The van der Waals surface area contributed by atoms with Gasteiger partial charge < -0.3 is 32.1 Å². The van der Waals surface area contributed by atoms with Crippen LogP contribution in [-0.2, 0) is 25.6 Å². The van der Waals surface area contributed by atoms with Crippen molar-refractivity contribution in [1.82, 2.24) is 15.5 Å². The summed E-state index contributed by atoms with van der Waals surface area (Å²) in [6, 6.07) is 7.36. The zero-order valence-corrected chi connectivity index (χ0v) is 19.5. The summed E-state index contributed by atoms with van der Waals surface area (Å²) in [6.07, 6.45) is 1.11. The molecule has 4 amide bonds. The highest BCUT2D eigenvalue weighted by atomic mass is 16.3.